The summed E-state index contributed by atoms with van der Waals surface area (Å²) in [5, 5.41) is 6.18. The molecule has 0 saturated carbocycles. The number of carbonyl (C=O) groups is 2. The van der Waals surface area contributed by atoms with Gasteiger partial charge in [-0.2, -0.15) is 0 Å². The van der Waals surface area contributed by atoms with Gasteiger partial charge in [-0.25, -0.2) is 0 Å². The second kappa shape index (κ2) is 7.82. The highest BCUT2D eigenvalue weighted by Gasteiger charge is 2.33. The van der Waals surface area contributed by atoms with Crippen LogP contribution in [-0.4, -0.2) is 22.8 Å². The van der Waals surface area contributed by atoms with E-state index in [-0.39, 0.29) is 11.8 Å². The lowest BCUT2D eigenvalue weighted by Crippen LogP contribution is -2.28. The molecule has 0 radical (unpaired) electrons. The van der Waals surface area contributed by atoms with Crippen molar-refractivity contribution in [3.8, 4) is 0 Å². The van der Waals surface area contributed by atoms with Gasteiger partial charge in [-0.05, 0) is 56.1 Å². The van der Waals surface area contributed by atoms with Gasteiger partial charge in [-0.1, -0.05) is 36.8 Å². The zero-order chi connectivity index (χ0) is 19.7. The number of H-pyrrole nitrogens is 1. The van der Waals surface area contributed by atoms with E-state index in [0.29, 0.717) is 24.9 Å². The van der Waals surface area contributed by atoms with Crippen LogP contribution in [0.15, 0.2) is 24.3 Å². The number of rotatable bonds is 6. The van der Waals surface area contributed by atoms with Crippen molar-refractivity contribution in [2.24, 2.45) is 5.92 Å². The van der Waals surface area contributed by atoms with Crippen LogP contribution in [0.4, 0.5) is 0 Å². The van der Waals surface area contributed by atoms with Crippen molar-refractivity contribution < 1.29 is 9.59 Å². The predicted molar refractivity (Wildman–Crippen MR) is 109 cm³/mol. The zero-order valence-electron chi connectivity index (χ0n) is 16.7. The fourth-order valence-electron chi connectivity index (χ4n) is 4.64. The van der Waals surface area contributed by atoms with Gasteiger partial charge < -0.3 is 15.6 Å². The Kier molecular flexibility index (Phi) is 5.25. The number of benzene rings is 1. The first-order valence-electron chi connectivity index (χ1n) is 10.4. The molecule has 2 amide bonds. The van der Waals surface area contributed by atoms with E-state index in [1.165, 1.54) is 16.8 Å². The van der Waals surface area contributed by atoms with E-state index in [2.05, 4.69) is 53.7 Å². The molecule has 1 fully saturated rings. The summed E-state index contributed by atoms with van der Waals surface area (Å²) < 4.78 is 0. The number of fused-ring (bicyclic) bond motifs is 1. The van der Waals surface area contributed by atoms with Gasteiger partial charge in [-0.15, -0.1) is 0 Å². The van der Waals surface area contributed by atoms with Crippen LogP contribution in [0.2, 0.25) is 0 Å². The highest BCUT2D eigenvalue weighted by molar-refractivity contribution is 5.97. The Morgan fingerprint density at radius 2 is 2.00 bits per heavy atom. The van der Waals surface area contributed by atoms with Gasteiger partial charge >= 0.3 is 0 Å². The summed E-state index contributed by atoms with van der Waals surface area (Å²) in [5.41, 5.74) is 6.62. The molecule has 1 aliphatic carbocycles. The van der Waals surface area contributed by atoms with Crippen LogP contribution in [-0.2, 0) is 30.6 Å². The number of aryl methyl sites for hydroxylation is 2. The average Bonchev–Trinajstić information content (AvgIpc) is 3.35. The van der Waals surface area contributed by atoms with Crippen LogP contribution in [0.3, 0.4) is 0 Å². The van der Waals surface area contributed by atoms with Crippen LogP contribution in [0, 0.1) is 12.8 Å². The van der Waals surface area contributed by atoms with Crippen molar-refractivity contribution in [3.63, 3.8) is 0 Å². The molecule has 2 heterocycles. The lowest BCUT2D eigenvalue weighted by molar-refractivity contribution is -0.119. The quantitative estimate of drug-likeness (QED) is 0.721. The van der Waals surface area contributed by atoms with Crippen LogP contribution in [0.25, 0.3) is 0 Å². The molecule has 0 spiro atoms. The van der Waals surface area contributed by atoms with Crippen LogP contribution in [0.1, 0.15) is 64.6 Å². The molecule has 0 bridgehead atoms. The van der Waals surface area contributed by atoms with Crippen LogP contribution >= 0.6 is 0 Å². The second-order valence-electron chi connectivity index (χ2n) is 8.27. The first-order chi connectivity index (χ1) is 13.5. The minimum atomic E-state index is 0.0183. The fraction of sp³-hybridized carbons (Fsp3) is 0.478. The number of nitrogens with one attached hydrogen (secondary N) is 3. The van der Waals surface area contributed by atoms with Crippen molar-refractivity contribution in [1.29, 1.82) is 0 Å². The molecule has 4 rings (SSSR count). The van der Waals surface area contributed by atoms with Crippen molar-refractivity contribution >= 4 is 11.8 Å². The molecule has 5 nitrogen and oxygen atoms in total. The normalized spacial score (nSPS) is 20.9. The highest BCUT2D eigenvalue weighted by Crippen LogP contribution is 2.35. The Labute approximate surface area is 166 Å². The summed E-state index contributed by atoms with van der Waals surface area (Å²) in [7, 11) is 0. The summed E-state index contributed by atoms with van der Waals surface area (Å²) in [5.74, 6) is 0.690. The molecule has 2 unspecified atom stereocenters. The smallest absolute Gasteiger partial charge is 0.253 e. The van der Waals surface area contributed by atoms with Gasteiger partial charge in [0.1, 0.15) is 0 Å². The third-order valence-electron chi connectivity index (χ3n) is 6.11. The predicted octanol–water partition coefficient (Wildman–Crippen LogP) is 3.20. The maximum atomic E-state index is 13.0. The maximum absolute atomic E-state index is 13.0. The van der Waals surface area contributed by atoms with Gasteiger partial charge in [0.05, 0.1) is 5.56 Å². The molecule has 1 aromatic carbocycles. The minimum Gasteiger partial charge on any atom is -0.361 e. The topological polar surface area (TPSA) is 74.0 Å². The van der Waals surface area contributed by atoms with Crippen molar-refractivity contribution in [3.05, 3.63) is 57.9 Å². The number of aromatic nitrogens is 1. The first-order valence-corrected chi connectivity index (χ1v) is 10.4. The van der Waals surface area contributed by atoms with E-state index >= 15 is 0 Å². The van der Waals surface area contributed by atoms with E-state index in [0.717, 1.165) is 48.9 Å². The van der Waals surface area contributed by atoms with Gasteiger partial charge in [-0.3, -0.25) is 9.59 Å². The highest BCUT2D eigenvalue weighted by atomic mass is 16.2. The molecule has 148 valence electrons. The van der Waals surface area contributed by atoms with Gasteiger partial charge in [0, 0.05) is 30.4 Å². The summed E-state index contributed by atoms with van der Waals surface area (Å²) in [4.78, 5) is 28.0. The number of amides is 2. The summed E-state index contributed by atoms with van der Waals surface area (Å²) in [6.45, 7) is 4.69. The van der Waals surface area contributed by atoms with Crippen molar-refractivity contribution in [2.45, 2.75) is 65.0 Å². The van der Waals surface area contributed by atoms with Gasteiger partial charge in [0.25, 0.3) is 5.91 Å². The standard InChI is InChI=1S/C23H29N3O2/c1-3-19-22(23(28)24-13-15-6-4-14(2)5-7-15)18-11-16(12-20(18)26-19)10-17-8-9-21(27)25-17/h4-7,16-17,26H,3,8-13H2,1-2H3,(H,24,28)(H,25,27). The minimum absolute atomic E-state index is 0.0183. The molecule has 2 atom stereocenters. The molecule has 5 heteroatoms. The molecule has 1 aromatic heterocycles. The Balaban J connectivity index is 1.44. The molecular weight excluding hydrogens is 350 g/mol. The van der Waals surface area contributed by atoms with Crippen molar-refractivity contribution in [1.82, 2.24) is 15.6 Å². The Morgan fingerprint density at radius 1 is 1.21 bits per heavy atom. The maximum Gasteiger partial charge on any atom is 0.253 e. The summed E-state index contributed by atoms with van der Waals surface area (Å²) in [6, 6.07) is 8.55. The largest absolute Gasteiger partial charge is 0.361 e. The third kappa shape index (κ3) is 3.84. The molecule has 2 aromatic rings. The Morgan fingerprint density at radius 3 is 2.68 bits per heavy atom. The molecule has 2 aliphatic rings. The number of carbonyl (C=O) groups excluding carboxylic acids is 2. The molecule has 1 aliphatic heterocycles. The molecule has 28 heavy (non-hydrogen) atoms. The van der Waals surface area contributed by atoms with E-state index < -0.39 is 0 Å². The number of aromatic amines is 1. The van der Waals surface area contributed by atoms with E-state index in [1.54, 1.807) is 0 Å². The average molecular weight is 380 g/mol. The number of hydrogen-bond donors (Lipinski definition) is 3. The third-order valence-corrected chi connectivity index (χ3v) is 6.11. The SMILES string of the molecule is CCc1[nH]c2c(c1C(=O)NCc1ccc(C)cc1)CC(CC1CCC(=O)N1)C2. The fourth-order valence-corrected chi connectivity index (χ4v) is 4.64. The summed E-state index contributed by atoms with van der Waals surface area (Å²) in [6.07, 6.45) is 5.30. The van der Waals surface area contributed by atoms with Crippen LogP contribution < -0.4 is 10.6 Å². The van der Waals surface area contributed by atoms with E-state index in [4.69, 9.17) is 0 Å². The molecule has 1 saturated heterocycles. The zero-order valence-corrected chi connectivity index (χ0v) is 16.7. The lowest BCUT2D eigenvalue weighted by atomic mass is 9.95. The lowest BCUT2D eigenvalue weighted by Gasteiger charge is -2.16. The monoisotopic (exact) mass is 379 g/mol. The summed E-state index contributed by atoms with van der Waals surface area (Å²) >= 11 is 0. The van der Waals surface area contributed by atoms with Gasteiger partial charge in [0.2, 0.25) is 5.91 Å². The molecule has 3 N–H and O–H groups in total. The second-order valence-corrected chi connectivity index (χ2v) is 8.27. The van der Waals surface area contributed by atoms with Crippen molar-refractivity contribution in [2.75, 3.05) is 0 Å². The Hall–Kier alpha value is -2.56. The van der Waals surface area contributed by atoms with Gasteiger partial charge in [0.15, 0.2) is 0 Å². The molecular formula is C23H29N3O2. The first kappa shape index (κ1) is 18.8. The van der Waals surface area contributed by atoms with E-state index in [9.17, 15) is 9.59 Å². The van der Waals surface area contributed by atoms with E-state index in [1.807, 2.05) is 0 Å². The number of hydrogen-bond acceptors (Lipinski definition) is 2. The van der Waals surface area contributed by atoms with Crippen LogP contribution in [0.5, 0.6) is 0 Å². The Bertz CT molecular complexity index is 882.